The van der Waals surface area contributed by atoms with Crippen molar-refractivity contribution in [3.05, 3.63) is 65.5 Å². The Bertz CT molecular complexity index is 626. The number of rotatable bonds is 3. The molecule has 0 saturated heterocycles. The minimum absolute atomic E-state index is 0.295. The zero-order chi connectivity index (χ0) is 13.7. The second-order valence-electron chi connectivity index (χ2n) is 3.81. The van der Waals surface area contributed by atoms with Gasteiger partial charge in [0.25, 0.3) is 5.91 Å². The number of hydrogen-bond acceptors (Lipinski definition) is 3. The molecule has 5 heteroatoms. The first-order chi connectivity index (χ1) is 9.18. The molecule has 0 spiro atoms. The Kier molecular flexibility index (Phi) is 3.87. The number of para-hydroxylation sites is 1. The number of carbonyl (C=O) groups is 1. The van der Waals surface area contributed by atoms with Crippen molar-refractivity contribution < 1.29 is 9.18 Å². The highest BCUT2D eigenvalue weighted by molar-refractivity contribution is 5.99. The minimum atomic E-state index is -0.439. The van der Waals surface area contributed by atoms with Crippen molar-refractivity contribution in [2.45, 2.75) is 0 Å². The monoisotopic (exact) mass is 257 g/mol. The van der Waals surface area contributed by atoms with Crippen molar-refractivity contribution in [3.63, 3.8) is 0 Å². The second-order valence-corrected chi connectivity index (χ2v) is 3.81. The maximum atomic E-state index is 13.3. The van der Waals surface area contributed by atoms with Crippen LogP contribution in [-0.4, -0.2) is 12.1 Å². The SMILES string of the molecule is Nc1ccccc1C(=O)NN=Cc1ccccc1F. The summed E-state index contributed by atoms with van der Waals surface area (Å²) < 4.78 is 13.3. The molecule has 0 aliphatic carbocycles. The van der Waals surface area contributed by atoms with Gasteiger partial charge in [0.1, 0.15) is 5.82 Å². The van der Waals surface area contributed by atoms with Crippen LogP contribution < -0.4 is 11.2 Å². The first-order valence-corrected chi connectivity index (χ1v) is 5.61. The lowest BCUT2D eigenvalue weighted by molar-refractivity contribution is 0.0956. The van der Waals surface area contributed by atoms with Crippen molar-refractivity contribution in [1.29, 1.82) is 0 Å². The number of anilines is 1. The first-order valence-electron chi connectivity index (χ1n) is 5.61. The summed E-state index contributed by atoms with van der Waals surface area (Å²) in [5.41, 5.74) is 8.94. The van der Waals surface area contributed by atoms with Gasteiger partial charge >= 0.3 is 0 Å². The fraction of sp³-hybridized carbons (Fsp3) is 0. The van der Waals surface area contributed by atoms with E-state index in [-0.39, 0.29) is 0 Å². The van der Waals surface area contributed by atoms with Crippen LogP contribution in [0.1, 0.15) is 15.9 Å². The van der Waals surface area contributed by atoms with Crippen molar-refractivity contribution in [3.8, 4) is 0 Å². The fourth-order valence-corrected chi connectivity index (χ4v) is 1.50. The second kappa shape index (κ2) is 5.77. The van der Waals surface area contributed by atoms with E-state index < -0.39 is 11.7 Å². The summed E-state index contributed by atoms with van der Waals surface area (Å²) in [5, 5.41) is 3.70. The molecule has 0 saturated carbocycles. The standard InChI is InChI=1S/C14H12FN3O/c15-12-7-3-1-5-10(12)9-17-18-14(19)11-6-2-4-8-13(11)16/h1-9H,16H2,(H,18,19). The molecule has 0 aromatic heterocycles. The maximum absolute atomic E-state index is 13.3. The molecule has 1 amide bonds. The summed E-state index contributed by atoms with van der Waals surface area (Å²) in [6.07, 6.45) is 1.24. The molecule has 0 unspecified atom stereocenters. The van der Waals surface area contributed by atoms with Crippen LogP contribution in [0, 0.1) is 5.82 Å². The predicted molar refractivity (Wildman–Crippen MR) is 72.3 cm³/mol. The molecule has 0 aliphatic rings. The number of hydrogen-bond donors (Lipinski definition) is 2. The predicted octanol–water partition coefficient (Wildman–Crippen LogP) is 2.17. The summed E-state index contributed by atoms with van der Waals surface area (Å²) in [7, 11) is 0. The van der Waals surface area contributed by atoms with Gasteiger partial charge in [0.2, 0.25) is 0 Å². The van der Waals surface area contributed by atoms with Gasteiger partial charge in [-0.3, -0.25) is 4.79 Å². The molecule has 0 radical (unpaired) electrons. The summed E-state index contributed by atoms with van der Waals surface area (Å²) in [6.45, 7) is 0. The van der Waals surface area contributed by atoms with E-state index in [2.05, 4.69) is 10.5 Å². The first kappa shape index (κ1) is 12.8. The number of nitrogens with two attached hydrogens (primary N) is 1. The molecule has 0 aliphatic heterocycles. The van der Waals surface area contributed by atoms with Gasteiger partial charge in [0.15, 0.2) is 0 Å². The Morgan fingerprint density at radius 3 is 2.58 bits per heavy atom. The number of hydrazone groups is 1. The van der Waals surface area contributed by atoms with Crippen LogP contribution in [0.5, 0.6) is 0 Å². The van der Waals surface area contributed by atoms with E-state index in [1.54, 1.807) is 42.5 Å². The molecule has 2 aromatic rings. The van der Waals surface area contributed by atoms with Crippen LogP contribution in [0.4, 0.5) is 10.1 Å². The topological polar surface area (TPSA) is 67.5 Å². The van der Waals surface area contributed by atoms with Gasteiger partial charge in [-0.05, 0) is 18.2 Å². The molecule has 0 fully saturated rings. The summed E-state index contributed by atoms with van der Waals surface area (Å²) in [6, 6.07) is 12.8. The van der Waals surface area contributed by atoms with Gasteiger partial charge in [-0.15, -0.1) is 0 Å². The minimum Gasteiger partial charge on any atom is -0.398 e. The average Bonchev–Trinajstić information content (AvgIpc) is 2.41. The highest BCUT2D eigenvalue weighted by Gasteiger charge is 2.07. The van der Waals surface area contributed by atoms with Crippen LogP contribution in [0.25, 0.3) is 0 Å². The van der Waals surface area contributed by atoms with Crippen molar-refractivity contribution >= 4 is 17.8 Å². The lowest BCUT2D eigenvalue weighted by Crippen LogP contribution is -2.19. The molecule has 3 N–H and O–H groups in total. The Hall–Kier alpha value is -2.69. The van der Waals surface area contributed by atoms with Crippen molar-refractivity contribution in [2.24, 2.45) is 5.10 Å². The number of benzene rings is 2. The van der Waals surface area contributed by atoms with Crippen molar-refractivity contribution in [2.75, 3.05) is 5.73 Å². The lowest BCUT2D eigenvalue weighted by Gasteiger charge is -2.02. The quantitative estimate of drug-likeness (QED) is 0.502. The van der Waals surface area contributed by atoms with E-state index in [0.717, 1.165) is 0 Å². The lowest BCUT2D eigenvalue weighted by atomic mass is 10.2. The Balaban J connectivity index is 2.06. The van der Waals surface area contributed by atoms with E-state index in [4.69, 9.17) is 5.73 Å². The van der Waals surface area contributed by atoms with Gasteiger partial charge in [0.05, 0.1) is 11.8 Å². The molecule has 19 heavy (non-hydrogen) atoms. The summed E-state index contributed by atoms with van der Waals surface area (Å²) in [5.74, 6) is -0.842. The molecule has 0 bridgehead atoms. The van der Waals surface area contributed by atoms with Gasteiger partial charge in [-0.1, -0.05) is 30.3 Å². The third kappa shape index (κ3) is 3.16. The number of carbonyl (C=O) groups excluding carboxylic acids is 1. The Morgan fingerprint density at radius 2 is 1.84 bits per heavy atom. The van der Waals surface area contributed by atoms with E-state index in [1.807, 2.05) is 0 Å². The summed E-state index contributed by atoms with van der Waals surface area (Å²) in [4.78, 5) is 11.7. The van der Waals surface area contributed by atoms with Gasteiger partial charge < -0.3 is 5.73 Å². The van der Waals surface area contributed by atoms with E-state index >= 15 is 0 Å². The molecule has 4 nitrogen and oxygen atoms in total. The number of nitrogen functional groups attached to an aromatic ring is 1. The third-order valence-electron chi connectivity index (χ3n) is 2.48. The Labute approximate surface area is 109 Å². The molecule has 96 valence electrons. The van der Waals surface area contributed by atoms with Crippen LogP contribution in [0.3, 0.4) is 0 Å². The van der Waals surface area contributed by atoms with Crippen LogP contribution in [0.2, 0.25) is 0 Å². The highest BCUT2D eigenvalue weighted by Crippen LogP contribution is 2.09. The zero-order valence-corrected chi connectivity index (χ0v) is 10.0. The molecule has 0 atom stereocenters. The average molecular weight is 257 g/mol. The van der Waals surface area contributed by atoms with E-state index in [9.17, 15) is 9.18 Å². The molecular formula is C14H12FN3O. The highest BCUT2D eigenvalue weighted by atomic mass is 19.1. The molecular weight excluding hydrogens is 245 g/mol. The fourth-order valence-electron chi connectivity index (χ4n) is 1.50. The van der Waals surface area contributed by atoms with E-state index in [0.29, 0.717) is 16.8 Å². The molecule has 2 aromatic carbocycles. The third-order valence-corrected chi connectivity index (χ3v) is 2.48. The van der Waals surface area contributed by atoms with E-state index in [1.165, 1.54) is 12.3 Å². The largest absolute Gasteiger partial charge is 0.398 e. The molecule has 0 heterocycles. The normalized spacial score (nSPS) is 10.6. The van der Waals surface area contributed by atoms with Gasteiger partial charge in [0, 0.05) is 11.3 Å². The van der Waals surface area contributed by atoms with Gasteiger partial charge in [-0.25, -0.2) is 9.82 Å². The van der Waals surface area contributed by atoms with Crippen LogP contribution in [-0.2, 0) is 0 Å². The van der Waals surface area contributed by atoms with Gasteiger partial charge in [-0.2, -0.15) is 5.10 Å². The van der Waals surface area contributed by atoms with Crippen LogP contribution >= 0.6 is 0 Å². The molecule has 2 rings (SSSR count). The maximum Gasteiger partial charge on any atom is 0.273 e. The zero-order valence-electron chi connectivity index (χ0n) is 10.0. The van der Waals surface area contributed by atoms with Crippen LogP contribution in [0.15, 0.2) is 53.6 Å². The summed E-state index contributed by atoms with van der Waals surface area (Å²) >= 11 is 0. The smallest absolute Gasteiger partial charge is 0.273 e. The Morgan fingerprint density at radius 1 is 1.16 bits per heavy atom. The number of halogens is 1. The number of nitrogens with zero attached hydrogens (tertiary/aromatic N) is 1. The van der Waals surface area contributed by atoms with Crippen molar-refractivity contribution in [1.82, 2.24) is 5.43 Å². The number of nitrogens with one attached hydrogen (secondary N) is 1. The number of amides is 1.